The van der Waals surface area contributed by atoms with Crippen molar-refractivity contribution < 1.29 is 4.79 Å². The summed E-state index contributed by atoms with van der Waals surface area (Å²) in [5, 5.41) is 1.15. The van der Waals surface area contributed by atoms with Gasteiger partial charge in [-0.15, -0.1) is 11.3 Å². The topological polar surface area (TPSA) is 17.1 Å². The lowest BCUT2D eigenvalue weighted by molar-refractivity contribution is 0.101. The van der Waals surface area contributed by atoms with Crippen LogP contribution in [0.15, 0.2) is 26.5 Å². The Labute approximate surface area is 102 Å². The van der Waals surface area contributed by atoms with Crippen LogP contribution in [-0.4, -0.2) is 5.78 Å². The Kier molecular flexibility index (Phi) is 2.77. The third-order valence-corrected chi connectivity index (χ3v) is 5.44. The molecule has 0 fully saturated rings. The molecule has 1 aromatic heterocycles. The Morgan fingerprint density at radius 3 is 2.71 bits per heavy atom. The zero-order chi connectivity index (χ0) is 10.3. The average molecular weight is 334 g/mol. The highest BCUT2D eigenvalue weighted by molar-refractivity contribution is 9.13. The molecule has 0 aliphatic carbocycles. The molecule has 1 heterocycles. The minimum Gasteiger partial charge on any atom is -0.295 e. The van der Waals surface area contributed by atoms with Gasteiger partial charge in [0.1, 0.15) is 0 Å². The summed E-state index contributed by atoms with van der Waals surface area (Å²) < 4.78 is 3.25. The molecule has 2 rings (SSSR count). The molecule has 0 saturated carbocycles. The first-order valence-corrected chi connectivity index (χ1v) is 6.38. The van der Waals surface area contributed by atoms with E-state index in [1.54, 1.807) is 18.3 Å². The molecule has 14 heavy (non-hydrogen) atoms. The highest BCUT2D eigenvalue weighted by Crippen LogP contribution is 2.39. The highest BCUT2D eigenvalue weighted by Gasteiger charge is 2.08. The van der Waals surface area contributed by atoms with E-state index < -0.39 is 0 Å². The summed E-state index contributed by atoms with van der Waals surface area (Å²) in [6.07, 6.45) is 0. The molecule has 0 atom stereocenters. The molecule has 0 unspecified atom stereocenters. The van der Waals surface area contributed by atoms with Gasteiger partial charge in [-0.25, -0.2) is 0 Å². The second-order valence-corrected chi connectivity index (χ2v) is 6.12. The quantitative estimate of drug-likeness (QED) is 0.695. The second kappa shape index (κ2) is 3.76. The van der Waals surface area contributed by atoms with Gasteiger partial charge < -0.3 is 0 Å². The van der Waals surface area contributed by atoms with Crippen LogP contribution in [0.2, 0.25) is 0 Å². The Balaban J connectivity index is 2.73. The highest BCUT2D eigenvalue weighted by atomic mass is 79.9. The third-order valence-electron chi connectivity index (χ3n) is 2.00. The van der Waals surface area contributed by atoms with Crippen LogP contribution in [0.5, 0.6) is 0 Å². The number of Topliss-reactive ketones (excluding diaryl/α,β-unsaturated/α-hetero) is 1. The van der Waals surface area contributed by atoms with Crippen molar-refractivity contribution in [2.24, 2.45) is 0 Å². The molecule has 2 aromatic rings. The molecular formula is C10H6Br2OS. The standard InChI is InChI=1S/C10H6Br2OS/c1-5(13)6-2-3-7-8(4-6)14-10(12)9(7)11/h2-4H,1H3. The van der Waals surface area contributed by atoms with Crippen molar-refractivity contribution in [3.8, 4) is 0 Å². The first-order valence-electron chi connectivity index (χ1n) is 3.98. The van der Waals surface area contributed by atoms with Gasteiger partial charge in [0.05, 0.1) is 8.26 Å². The number of hydrogen-bond acceptors (Lipinski definition) is 2. The number of carbonyl (C=O) groups is 1. The smallest absolute Gasteiger partial charge is 0.159 e. The van der Waals surface area contributed by atoms with Crippen LogP contribution in [0.1, 0.15) is 17.3 Å². The Hall–Kier alpha value is -0.190. The van der Waals surface area contributed by atoms with Crippen LogP contribution in [0.4, 0.5) is 0 Å². The van der Waals surface area contributed by atoms with Gasteiger partial charge in [-0.1, -0.05) is 12.1 Å². The van der Waals surface area contributed by atoms with Crippen LogP contribution >= 0.6 is 43.2 Å². The maximum atomic E-state index is 11.2. The van der Waals surface area contributed by atoms with Crippen molar-refractivity contribution >= 4 is 59.1 Å². The van der Waals surface area contributed by atoms with Gasteiger partial charge in [0.25, 0.3) is 0 Å². The maximum absolute atomic E-state index is 11.2. The Morgan fingerprint density at radius 2 is 2.07 bits per heavy atom. The molecule has 0 saturated heterocycles. The number of halogens is 2. The third kappa shape index (κ3) is 1.66. The zero-order valence-electron chi connectivity index (χ0n) is 7.30. The largest absolute Gasteiger partial charge is 0.295 e. The summed E-state index contributed by atoms with van der Waals surface area (Å²) in [7, 11) is 0. The van der Waals surface area contributed by atoms with Gasteiger partial charge in [-0.3, -0.25) is 4.79 Å². The average Bonchev–Trinajstić information content (AvgIpc) is 2.42. The molecule has 0 radical (unpaired) electrons. The van der Waals surface area contributed by atoms with E-state index in [9.17, 15) is 4.79 Å². The first kappa shape index (κ1) is 10.3. The van der Waals surface area contributed by atoms with E-state index in [1.165, 1.54) is 0 Å². The van der Waals surface area contributed by atoms with Crippen LogP contribution in [0.3, 0.4) is 0 Å². The van der Waals surface area contributed by atoms with Crippen LogP contribution in [-0.2, 0) is 0 Å². The second-order valence-electron chi connectivity index (χ2n) is 2.96. The van der Waals surface area contributed by atoms with Crippen molar-refractivity contribution in [3.63, 3.8) is 0 Å². The molecule has 0 spiro atoms. The number of ketones is 1. The predicted octanol–water partition coefficient (Wildman–Crippen LogP) is 4.63. The fraction of sp³-hybridized carbons (Fsp3) is 0.100. The lowest BCUT2D eigenvalue weighted by Gasteiger charge is -1.95. The fourth-order valence-corrected chi connectivity index (χ4v) is 3.57. The van der Waals surface area contributed by atoms with E-state index in [-0.39, 0.29) is 5.78 Å². The Morgan fingerprint density at radius 1 is 1.36 bits per heavy atom. The molecule has 0 bridgehead atoms. The predicted molar refractivity (Wildman–Crippen MR) is 67.2 cm³/mol. The van der Waals surface area contributed by atoms with Gasteiger partial charge in [-0.05, 0) is 44.8 Å². The zero-order valence-corrected chi connectivity index (χ0v) is 11.3. The van der Waals surface area contributed by atoms with Crippen molar-refractivity contribution in [3.05, 3.63) is 32.0 Å². The van der Waals surface area contributed by atoms with Gasteiger partial charge >= 0.3 is 0 Å². The van der Waals surface area contributed by atoms with E-state index in [0.29, 0.717) is 0 Å². The minimum absolute atomic E-state index is 0.104. The van der Waals surface area contributed by atoms with Crippen LogP contribution < -0.4 is 0 Å². The van der Waals surface area contributed by atoms with E-state index >= 15 is 0 Å². The monoisotopic (exact) mass is 332 g/mol. The van der Waals surface area contributed by atoms with E-state index in [2.05, 4.69) is 31.9 Å². The van der Waals surface area contributed by atoms with Gasteiger partial charge in [-0.2, -0.15) is 0 Å². The summed E-state index contributed by atoms with van der Waals surface area (Å²) >= 11 is 8.58. The molecule has 72 valence electrons. The summed E-state index contributed by atoms with van der Waals surface area (Å²) in [6.45, 7) is 1.58. The number of fused-ring (bicyclic) bond motifs is 1. The molecular weight excluding hydrogens is 328 g/mol. The molecule has 1 aromatic carbocycles. The van der Waals surface area contributed by atoms with Crippen LogP contribution in [0, 0.1) is 0 Å². The SMILES string of the molecule is CC(=O)c1ccc2c(Br)c(Br)sc2c1. The minimum atomic E-state index is 0.104. The number of benzene rings is 1. The van der Waals surface area contributed by atoms with Gasteiger partial charge in [0, 0.05) is 15.6 Å². The van der Waals surface area contributed by atoms with E-state index in [1.807, 2.05) is 18.2 Å². The summed E-state index contributed by atoms with van der Waals surface area (Å²) in [4.78, 5) is 11.2. The van der Waals surface area contributed by atoms with Crippen molar-refractivity contribution in [1.29, 1.82) is 0 Å². The molecule has 0 N–H and O–H groups in total. The van der Waals surface area contributed by atoms with Crippen LogP contribution in [0.25, 0.3) is 10.1 Å². The van der Waals surface area contributed by atoms with Crippen molar-refractivity contribution in [2.75, 3.05) is 0 Å². The lowest BCUT2D eigenvalue weighted by Crippen LogP contribution is -1.89. The maximum Gasteiger partial charge on any atom is 0.159 e. The number of carbonyl (C=O) groups excluding carboxylic acids is 1. The molecule has 0 aliphatic rings. The molecule has 0 amide bonds. The number of hydrogen-bond donors (Lipinski definition) is 0. The first-order chi connectivity index (χ1) is 6.59. The number of thiophene rings is 1. The molecule has 4 heteroatoms. The summed E-state index contributed by atoms with van der Waals surface area (Å²) in [5.41, 5.74) is 0.763. The summed E-state index contributed by atoms with van der Waals surface area (Å²) in [5.74, 6) is 0.104. The molecule has 0 aliphatic heterocycles. The van der Waals surface area contributed by atoms with Crippen molar-refractivity contribution in [1.82, 2.24) is 0 Å². The van der Waals surface area contributed by atoms with E-state index in [0.717, 1.165) is 23.9 Å². The van der Waals surface area contributed by atoms with E-state index in [4.69, 9.17) is 0 Å². The normalized spacial score (nSPS) is 10.8. The van der Waals surface area contributed by atoms with Crippen molar-refractivity contribution in [2.45, 2.75) is 6.92 Å². The van der Waals surface area contributed by atoms with Gasteiger partial charge in [0.15, 0.2) is 5.78 Å². The summed E-state index contributed by atoms with van der Waals surface area (Å²) in [6, 6.07) is 5.75. The fourth-order valence-electron chi connectivity index (χ4n) is 1.25. The molecule has 1 nitrogen and oxygen atoms in total. The Bertz CT molecular complexity index is 516. The number of rotatable bonds is 1. The lowest BCUT2D eigenvalue weighted by atomic mass is 10.1. The van der Waals surface area contributed by atoms with Gasteiger partial charge in [0.2, 0.25) is 0 Å².